The van der Waals surface area contributed by atoms with Crippen molar-refractivity contribution in [2.75, 3.05) is 13.1 Å². The van der Waals surface area contributed by atoms with Crippen molar-refractivity contribution in [3.63, 3.8) is 0 Å². The van der Waals surface area contributed by atoms with E-state index in [0.29, 0.717) is 18.1 Å². The van der Waals surface area contributed by atoms with Crippen molar-refractivity contribution >= 4 is 11.6 Å². The number of ether oxygens (including phenoxy) is 1. The maximum absolute atomic E-state index is 13.2. The summed E-state index contributed by atoms with van der Waals surface area (Å²) in [6, 6.07) is 4.81. The van der Waals surface area contributed by atoms with Gasteiger partial charge in [-0.05, 0) is 30.5 Å². The molecule has 94 valence electrons. The summed E-state index contributed by atoms with van der Waals surface area (Å²) >= 11 is 5.88. The number of halogens is 2. The van der Waals surface area contributed by atoms with Crippen LogP contribution in [0.4, 0.5) is 4.39 Å². The third-order valence-corrected chi connectivity index (χ3v) is 3.66. The van der Waals surface area contributed by atoms with Gasteiger partial charge in [0.1, 0.15) is 5.82 Å². The minimum Gasteiger partial charge on any atom is -0.372 e. The van der Waals surface area contributed by atoms with Gasteiger partial charge in [-0.1, -0.05) is 30.7 Å². The second-order valence-electron chi connectivity index (χ2n) is 4.53. The summed E-state index contributed by atoms with van der Waals surface area (Å²) < 4.78 is 19.0. The van der Waals surface area contributed by atoms with Crippen LogP contribution in [0.5, 0.6) is 0 Å². The molecular weight excluding hydrogens is 241 g/mol. The standard InChI is InChI=1S/C13H17ClFNO/c1-9-5-6-16-7-12(9)17-8-10-3-2-4-11(15)13(10)14/h2-4,9,12,16H,5-8H2,1H3. The van der Waals surface area contributed by atoms with Crippen LogP contribution in [0.1, 0.15) is 18.9 Å². The Morgan fingerprint density at radius 3 is 3.12 bits per heavy atom. The molecule has 0 saturated carbocycles. The molecular formula is C13H17ClFNO. The largest absolute Gasteiger partial charge is 0.372 e. The molecule has 0 amide bonds. The van der Waals surface area contributed by atoms with E-state index in [-0.39, 0.29) is 16.9 Å². The van der Waals surface area contributed by atoms with Gasteiger partial charge >= 0.3 is 0 Å². The van der Waals surface area contributed by atoms with Gasteiger partial charge in [0.05, 0.1) is 17.7 Å². The first-order valence-electron chi connectivity index (χ1n) is 5.93. The zero-order valence-electron chi connectivity index (χ0n) is 9.88. The highest BCUT2D eigenvalue weighted by molar-refractivity contribution is 6.31. The van der Waals surface area contributed by atoms with Crippen molar-refractivity contribution in [3.8, 4) is 0 Å². The van der Waals surface area contributed by atoms with Crippen molar-refractivity contribution in [1.82, 2.24) is 5.32 Å². The lowest BCUT2D eigenvalue weighted by Crippen LogP contribution is -2.40. The monoisotopic (exact) mass is 257 g/mol. The van der Waals surface area contributed by atoms with Gasteiger partial charge in [0.15, 0.2) is 0 Å². The second kappa shape index (κ2) is 5.80. The van der Waals surface area contributed by atoms with E-state index in [9.17, 15) is 4.39 Å². The fourth-order valence-corrected chi connectivity index (χ4v) is 2.22. The normalized spacial score (nSPS) is 24.9. The molecule has 1 saturated heterocycles. The van der Waals surface area contributed by atoms with Gasteiger partial charge in [0.25, 0.3) is 0 Å². The Labute approximate surface area is 106 Å². The van der Waals surface area contributed by atoms with E-state index >= 15 is 0 Å². The molecule has 2 nitrogen and oxygen atoms in total. The maximum Gasteiger partial charge on any atom is 0.142 e. The number of piperidine rings is 1. The van der Waals surface area contributed by atoms with Crippen LogP contribution in [-0.4, -0.2) is 19.2 Å². The average molecular weight is 258 g/mol. The Bertz CT molecular complexity index is 386. The first kappa shape index (κ1) is 12.8. The molecule has 1 heterocycles. The topological polar surface area (TPSA) is 21.3 Å². The summed E-state index contributed by atoms with van der Waals surface area (Å²) in [6.07, 6.45) is 1.30. The van der Waals surface area contributed by atoms with E-state index in [1.807, 2.05) is 0 Å². The Morgan fingerprint density at radius 1 is 1.53 bits per heavy atom. The molecule has 1 aliphatic rings. The molecule has 0 radical (unpaired) electrons. The van der Waals surface area contributed by atoms with Gasteiger partial charge < -0.3 is 10.1 Å². The Hall–Kier alpha value is -0.640. The molecule has 1 N–H and O–H groups in total. The number of benzene rings is 1. The third-order valence-electron chi connectivity index (χ3n) is 3.24. The summed E-state index contributed by atoms with van der Waals surface area (Å²) in [5.41, 5.74) is 0.712. The Balaban J connectivity index is 1.95. The lowest BCUT2D eigenvalue weighted by Gasteiger charge is -2.29. The van der Waals surface area contributed by atoms with Crippen molar-refractivity contribution in [2.45, 2.75) is 26.1 Å². The molecule has 1 aromatic rings. The van der Waals surface area contributed by atoms with Crippen molar-refractivity contribution in [3.05, 3.63) is 34.6 Å². The highest BCUT2D eigenvalue weighted by Crippen LogP contribution is 2.22. The summed E-state index contributed by atoms with van der Waals surface area (Å²) in [5, 5.41) is 3.47. The van der Waals surface area contributed by atoms with Crippen LogP contribution < -0.4 is 5.32 Å². The predicted molar refractivity (Wildman–Crippen MR) is 66.6 cm³/mol. The lowest BCUT2D eigenvalue weighted by molar-refractivity contribution is -0.00662. The lowest BCUT2D eigenvalue weighted by atomic mass is 9.97. The quantitative estimate of drug-likeness (QED) is 0.899. The summed E-state index contributed by atoms with van der Waals surface area (Å²) in [5.74, 6) is 0.145. The smallest absolute Gasteiger partial charge is 0.142 e. The van der Waals surface area contributed by atoms with Crippen LogP contribution in [0.15, 0.2) is 18.2 Å². The third kappa shape index (κ3) is 3.18. The van der Waals surface area contributed by atoms with Crippen LogP contribution in [0, 0.1) is 11.7 Å². The molecule has 2 unspecified atom stereocenters. The van der Waals surface area contributed by atoms with Gasteiger partial charge in [0.2, 0.25) is 0 Å². The summed E-state index contributed by atoms with van der Waals surface area (Å²) in [4.78, 5) is 0. The van der Waals surface area contributed by atoms with Gasteiger partial charge in [-0.25, -0.2) is 4.39 Å². The molecule has 2 atom stereocenters. The fraction of sp³-hybridized carbons (Fsp3) is 0.538. The minimum absolute atomic E-state index is 0.170. The number of hydrogen-bond donors (Lipinski definition) is 1. The second-order valence-corrected chi connectivity index (χ2v) is 4.91. The highest BCUT2D eigenvalue weighted by Gasteiger charge is 2.21. The number of nitrogens with one attached hydrogen (secondary N) is 1. The molecule has 1 aliphatic heterocycles. The molecule has 0 spiro atoms. The van der Waals surface area contributed by atoms with E-state index in [4.69, 9.17) is 16.3 Å². The molecule has 1 aromatic carbocycles. The highest BCUT2D eigenvalue weighted by atomic mass is 35.5. The minimum atomic E-state index is -0.386. The van der Waals surface area contributed by atoms with Gasteiger partial charge in [-0.3, -0.25) is 0 Å². The van der Waals surface area contributed by atoms with E-state index in [1.165, 1.54) is 6.07 Å². The number of rotatable bonds is 3. The zero-order chi connectivity index (χ0) is 12.3. The summed E-state index contributed by atoms with van der Waals surface area (Å²) in [7, 11) is 0. The van der Waals surface area contributed by atoms with Crippen LogP contribution in [0.2, 0.25) is 5.02 Å². The Morgan fingerprint density at radius 2 is 2.35 bits per heavy atom. The van der Waals surface area contributed by atoms with Crippen LogP contribution in [0.3, 0.4) is 0 Å². The summed E-state index contributed by atoms with van der Waals surface area (Å²) in [6.45, 7) is 4.45. The average Bonchev–Trinajstić information content (AvgIpc) is 2.33. The zero-order valence-corrected chi connectivity index (χ0v) is 10.6. The van der Waals surface area contributed by atoms with E-state index < -0.39 is 0 Å². The van der Waals surface area contributed by atoms with Crippen LogP contribution in [-0.2, 0) is 11.3 Å². The van der Waals surface area contributed by atoms with E-state index in [1.54, 1.807) is 12.1 Å². The molecule has 0 bridgehead atoms. The van der Waals surface area contributed by atoms with Gasteiger partial charge in [-0.2, -0.15) is 0 Å². The SMILES string of the molecule is CC1CCNCC1OCc1cccc(F)c1Cl. The van der Waals surface area contributed by atoms with Crippen molar-refractivity contribution in [1.29, 1.82) is 0 Å². The van der Waals surface area contributed by atoms with Crippen molar-refractivity contribution < 1.29 is 9.13 Å². The first-order valence-corrected chi connectivity index (χ1v) is 6.31. The predicted octanol–water partition coefficient (Wildman–Crippen LogP) is 2.99. The molecule has 0 aromatic heterocycles. The maximum atomic E-state index is 13.2. The number of hydrogen-bond acceptors (Lipinski definition) is 2. The molecule has 17 heavy (non-hydrogen) atoms. The van der Waals surface area contributed by atoms with Gasteiger partial charge in [-0.15, -0.1) is 0 Å². The molecule has 1 fully saturated rings. The fourth-order valence-electron chi connectivity index (χ4n) is 2.04. The molecule has 4 heteroatoms. The van der Waals surface area contributed by atoms with E-state index in [2.05, 4.69) is 12.2 Å². The van der Waals surface area contributed by atoms with Gasteiger partial charge in [0, 0.05) is 6.54 Å². The van der Waals surface area contributed by atoms with E-state index in [0.717, 1.165) is 19.5 Å². The molecule has 2 rings (SSSR count). The Kier molecular flexibility index (Phi) is 4.37. The van der Waals surface area contributed by atoms with Crippen molar-refractivity contribution in [2.24, 2.45) is 5.92 Å². The van der Waals surface area contributed by atoms with Crippen LogP contribution in [0.25, 0.3) is 0 Å². The first-order chi connectivity index (χ1) is 8.18. The molecule has 0 aliphatic carbocycles. The van der Waals surface area contributed by atoms with Crippen LogP contribution >= 0.6 is 11.6 Å².